The lowest BCUT2D eigenvalue weighted by Crippen LogP contribution is -2.47. The zero-order valence-electron chi connectivity index (χ0n) is 19.8. The van der Waals surface area contributed by atoms with E-state index in [1.807, 2.05) is 34.6 Å². The van der Waals surface area contributed by atoms with Crippen LogP contribution in [0.25, 0.3) is 0 Å². The smallest absolute Gasteiger partial charge is 0.410 e. The molecule has 1 heterocycles. The average Bonchev–Trinajstić information content (AvgIpc) is 2.69. The molecule has 1 aromatic carbocycles. The zero-order valence-corrected chi connectivity index (χ0v) is 20.6. The molecule has 1 atom stereocenters. The van der Waals surface area contributed by atoms with E-state index in [-0.39, 0.29) is 22.8 Å². The van der Waals surface area contributed by atoms with Crippen LogP contribution in [-0.4, -0.2) is 75.0 Å². The van der Waals surface area contributed by atoms with Crippen molar-refractivity contribution >= 4 is 15.9 Å². The Morgan fingerprint density at radius 1 is 1.29 bits per heavy atom. The van der Waals surface area contributed by atoms with Crippen LogP contribution >= 0.6 is 0 Å². The second-order valence-electron chi connectivity index (χ2n) is 9.53. The molecule has 31 heavy (non-hydrogen) atoms. The third-order valence-corrected chi connectivity index (χ3v) is 7.08. The molecule has 176 valence electrons. The first-order valence-electron chi connectivity index (χ1n) is 11.0. The highest BCUT2D eigenvalue weighted by Crippen LogP contribution is 2.22. The molecule has 0 aromatic heterocycles. The van der Waals surface area contributed by atoms with Crippen molar-refractivity contribution in [1.82, 2.24) is 9.80 Å². The van der Waals surface area contributed by atoms with Crippen LogP contribution in [0, 0.1) is 5.92 Å². The van der Waals surface area contributed by atoms with Gasteiger partial charge in [-0.05, 0) is 78.1 Å². The number of methoxy groups -OCH3 is 1. The van der Waals surface area contributed by atoms with Gasteiger partial charge in [0.05, 0.1) is 17.8 Å². The summed E-state index contributed by atoms with van der Waals surface area (Å²) in [5.74, 6) is 0.894. The Labute approximate surface area is 187 Å². The number of likely N-dealkylation sites (tertiary alicyclic amines) is 1. The standard InChI is InChI=1S/C23H38N2O5S/c1-18(2)25(22(26)30-23(3,4)5)17-19-9-8-12-24(16-19)13-14-31(27,28)21-11-7-10-20(15-21)29-6/h7,10-11,15,18-19H,8-9,12-14,16-17H2,1-6H3. The second kappa shape index (κ2) is 10.7. The highest BCUT2D eigenvalue weighted by Gasteiger charge is 2.29. The predicted octanol–water partition coefficient (Wildman–Crippen LogP) is 3.83. The topological polar surface area (TPSA) is 76.2 Å². The first-order chi connectivity index (χ1) is 14.4. The molecule has 1 amide bonds. The van der Waals surface area contributed by atoms with Crippen LogP contribution in [0.4, 0.5) is 4.79 Å². The van der Waals surface area contributed by atoms with Gasteiger partial charge in [0.1, 0.15) is 11.4 Å². The Balaban J connectivity index is 1.96. The molecule has 0 spiro atoms. The summed E-state index contributed by atoms with van der Waals surface area (Å²) in [7, 11) is -1.86. The van der Waals surface area contributed by atoms with Crippen molar-refractivity contribution < 1.29 is 22.7 Å². The van der Waals surface area contributed by atoms with Crippen LogP contribution in [0.2, 0.25) is 0 Å². The van der Waals surface area contributed by atoms with Gasteiger partial charge in [-0.3, -0.25) is 0 Å². The third kappa shape index (κ3) is 8.00. The summed E-state index contributed by atoms with van der Waals surface area (Å²) in [5.41, 5.74) is -0.530. The lowest BCUT2D eigenvalue weighted by atomic mass is 9.97. The van der Waals surface area contributed by atoms with Crippen LogP contribution in [0.1, 0.15) is 47.5 Å². The molecule has 0 saturated carbocycles. The van der Waals surface area contributed by atoms with Crippen molar-refractivity contribution in [2.24, 2.45) is 5.92 Å². The molecule has 1 fully saturated rings. The van der Waals surface area contributed by atoms with Gasteiger partial charge in [0.25, 0.3) is 0 Å². The number of nitrogens with zero attached hydrogens (tertiary/aromatic N) is 2. The summed E-state index contributed by atoms with van der Waals surface area (Å²) in [6.45, 7) is 12.3. The number of benzene rings is 1. The zero-order chi connectivity index (χ0) is 23.2. The van der Waals surface area contributed by atoms with Crippen molar-refractivity contribution in [1.29, 1.82) is 0 Å². The van der Waals surface area contributed by atoms with Gasteiger partial charge in [-0.1, -0.05) is 6.07 Å². The van der Waals surface area contributed by atoms with Crippen molar-refractivity contribution in [2.45, 2.75) is 64.0 Å². The number of amides is 1. The fourth-order valence-electron chi connectivity index (χ4n) is 3.76. The van der Waals surface area contributed by atoms with E-state index in [1.165, 1.54) is 7.11 Å². The molecule has 1 aromatic rings. The van der Waals surface area contributed by atoms with E-state index in [0.29, 0.717) is 24.8 Å². The fraction of sp³-hybridized carbons (Fsp3) is 0.696. The number of sulfone groups is 1. The minimum Gasteiger partial charge on any atom is -0.497 e. The molecule has 0 N–H and O–H groups in total. The molecule has 1 aliphatic heterocycles. The number of carbonyl (C=O) groups excluding carboxylic acids is 1. The normalized spacial score (nSPS) is 18.1. The van der Waals surface area contributed by atoms with Gasteiger partial charge >= 0.3 is 6.09 Å². The fourth-order valence-corrected chi connectivity index (χ4v) is 5.08. The summed E-state index contributed by atoms with van der Waals surface area (Å²) in [6.07, 6.45) is 1.72. The van der Waals surface area contributed by atoms with Crippen LogP contribution < -0.4 is 4.74 Å². The van der Waals surface area contributed by atoms with Gasteiger partial charge < -0.3 is 19.3 Å². The van der Waals surface area contributed by atoms with E-state index in [2.05, 4.69) is 4.90 Å². The molecular weight excluding hydrogens is 416 g/mol. The van der Waals surface area contributed by atoms with E-state index < -0.39 is 15.4 Å². The lowest BCUT2D eigenvalue weighted by molar-refractivity contribution is 0.0122. The quantitative estimate of drug-likeness (QED) is 0.594. The molecule has 8 heteroatoms. The van der Waals surface area contributed by atoms with E-state index in [1.54, 1.807) is 29.2 Å². The number of rotatable bonds is 8. The number of ether oxygens (including phenoxy) is 2. The molecule has 2 rings (SSSR count). The van der Waals surface area contributed by atoms with Gasteiger partial charge in [0, 0.05) is 25.7 Å². The van der Waals surface area contributed by atoms with Gasteiger partial charge in [-0.15, -0.1) is 0 Å². The molecule has 1 saturated heterocycles. The van der Waals surface area contributed by atoms with Crippen LogP contribution in [0.3, 0.4) is 0 Å². The lowest BCUT2D eigenvalue weighted by Gasteiger charge is -2.37. The summed E-state index contributed by atoms with van der Waals surface area (Å²) in [5, 5.41) is 0. The highest BCUT2D eigenvalue weighted by molar-refractivity contribution is 7.91. The Bertz CT molecular complexity index is 833. The Morgan fingerprint density at radius 3 is 2.61 bits per heavy atom. The maximum absolute atomic E-state index is 12.8. The summed E-state index contributed by atoms with van der Waals surface area (Å²) in [4.78, 5) is 16.9. The summed E-state index contributed by atoms with van der Waals surface area (Å²) in [6, 6.07) is 6.64. The van der Waals surface area contributed by atoms with Gasteiger partial charge in [0.15, 0.2) is 9.84 Å². The Hall–Kier alpha value is -1.80. The largest absolute Gasteiger partial charge is 0.497 e. The van der Waals surface area contributed by atoms with E-state index in [4.69, 9.17) is 9.47 Å². The van der Waals surface area contributed by atoms with Crippen LogP contribution in [0.15, 0.2) is 29.2 Å². The summed E-state index contributed by atoms with van der Waals surface area (Å²) >= 11 is 0. The Morgan fingerprint density at radius 2 is 2.00 bits per heavy atom. The summed E-state index contributed by atoms with van der Waals surface area (Å²) < 4.78 is 36.2. The van der Waals surface area contributed by atoms with Crippen molar-refractivity contribution in [3.8, 4) is 5.75 Å². The third-order valence-electron chi connectivity index (χ3n) is 5.39. The molecule has 0 bridgehead atoms. The van der Waals surface area contributed by atoms with E-state index in [9.17, 15) is 13.2 Å². The molecule has 0 radical (unpaired) electrons. The van der Waals surface area contributed by atoms with E-state index >= 15 is 0 Å². The van der Waals surface area contributed by atoms with Gasteiger partial charge in [-0.25, -0.2) is 13.2 Å². The minimum atomic E-state index is -3.39. The number of piperidine rings is 1. The van der Waals surface area contributed by atoms with Crippen LogP contribution in [0.5, 0.6) is 5.75 Å². The SMILES string of the molecule is COc1cccc(S(=O)(=O)CCN2CCCC(CN(C(=O)OC(C)(C)C)C(C)C)C2)c1. The maximum atomic E-state index is 12.8. The monoisotopic (exact) mass is 454 g/mol. The maximum Gasteiger partial charge on any atom is 0.410 e. The molecule has 1 unspecified atom stereocenters. The first-order valence-corrected chi connectivity index (χ1v) is 12.7. The van der Waals surface area contributed by atoms with Crippen molar-refractivity contribution in [3.63, 3.8) is 0 Å². The highest BCUT2D eigenvalue weighted by atomic mass is 32.2. The van der Waals surface area contributed by atoms with Crippen molar-refractivity contribution in [2.75, 3.05) is 39.0 Å². The molecule has 7 nitrogen and oxygen atoms in total. The number of hydrogen-bond acceptors (Lipinski definition) is 6. The molecular formula is C23H38N2O5S. The van der Waals surface area contributed by atoms with Gasteiger partial charge in [-0.2, -0.15) is 0 Å². The first kappa shape index (κ1) is 25.5. The van der Waals surface area contributed by atoms with Crippen molar-refractivity contribution in [3.05, 3.63) is 24.3 Å². The Kier molecular flexibility index (Phi) is 8.77. The molecule has 1 aliphatic rings. The molecule has 0 aliphatic carbocycles. The number of hydrogen-bond donors (Lipinski definition) is 0. The minimum absolute atomic E-state index is 0.0404. The second-order valence-corrected chi connectivity index (χ2v) is 11.6. The predicted molar refractivity (Wildman–Crippen MR) is 122 cm³/mol. The van der Waals surface area contributed by atoms with E-state index in [0.717, 1.165) is 25.9 Å². The number of carbonyl (C=O) groups is 1. The average molecular weight is 455 g/mol. The van der Waals surface area contributed by atoms with Crippen LogP contribution in [-0.2, 0) is 14.6 Å². The van der Waals surface area contributed by atoms with Gasteiger partial charge in [0.2, 0.25) is 0 Å².